The van der Waals surface area contributed by atoms with Crippen LogP contribution in [0.1, 0.15) is 23.2 Å². The lowest BCUT2D eigenvalue weighted by atomic mass is 10.1. The lowest BCUT2D eigenvalue weighted by Crippen LogP contribution is -2.02. The molecular weight excluding hydrogens is 428 g/mol. The first kappa shape index (κ1) is 22.7. The van der Waals surface area contributed by atoms with Gasteiger partial charge in [0.25, 0.3) is 0 Å². The number of carbonyl (C=O) groups excluding carboxylic acids is 2. The van der Waals surface area contributed by atoms with Crippen LogP contribution < -0.4 is 4.74 Å². The van der Waals surface area contributed by atoms with E-state index in [0.29, 0.717) is 11.3 Å². The fourth-order valence-electron chi connectivity index (χ4n) is 3.44. The van der Waals surface area contributed by atoms with E-state index in [1.807, 2.05) is 60.3 Å². The van der Waals surface area contributed by atoms with Gasteiger partial charge < -0.3 is 14.4 Å². The van der Waals surface area contributed by atoms with Crippen molar-refractivity contribution in [1.82, 2.24) is 9.55 Å². The summed E-state index contributed by atoms with van der Waals surface area (Å²) in [5.41, 5.74) is 3.19. The van der Waals surface area contributed by atoms with Crippen LogP contribution in [0.3, 0.4) is 0 Å². The van der Waals surface area contributed by atoms with Crippen molar-refractivity contribution in [3.63, 3.8) is 0 Å². The maximum absolute atomic E-state index is 12.2. The number of aryl methyl sites for hydroxylation is 1. The maximum Gasteiger partial charge on any atom is 0.163 e. The molecule has 0 spiro atoms. The van der Waals surface area contributed by atoms with Gasteiger partial charge in [0.15, 0.2) is 11.6 Å². The number of ether oxygens (including phenoxy) is 1. The van der Waals surface area contributed by atoms with Gasteiger partial charge in [0.1, 0.15) is 18.1 Å². The number of rotatable bonds is 9. The van der Waals surface area contributed by atoms with Crippen molar-refractivity contribution in [2.45, 2.75) is 13.0 Å². The molecule has 0 amide bonds. The molecule has 2 aromatic heterocycles. The first-order chi connectivity index (χ1) is 16.5. The Bertz CT molecular complexity index is 1380. The van der Waals surface area contributed by atoms with E-state index in [0.717, 1.165) is 22.2 Å². The van der Waals surface area contributed by atoms with E-state index in [2.05, 4.69) is 4.98 Å². The summed E-state index contributed by atoms with van der Waals surface area (Å²) in [6.07, 6.45) is 9.33. The molecular formula is C28H24N2O4. The van der Waals surface area contributed by atoms with E-state index in [4.69, 9.17) is 4.74 Å². The van der Waals surface area contributed by atoms with E-state index in [-0.39, 0.29) is 30.3 Å². The van der Waals surface area contributed by atoms with Gasteiger partial charge in [-0.1, -0.05) is 24.3 Å². The van der Waals surface area contributed by atoms with Crippen LogP contribution in [0, 0.1) is 0 Å². The third-order valence-electron chi connectivity index (χ3n) is 5.29. The van der Waals surface area contributed by atoms with Crippen LogP contribution in [-0.2, 0) is 23.2 Å². The average Bonchev–Trinajstić information content (AvgIpc) is 3.21. The average molecular weight is 453 g/mol. The van der Waals surface area contributed by atoms with Crippen LogP contribution in [0.5, 0.6) is 11.5 Å². The van der Waals surface area contributed by atoms with Crippen molar-refractivity contribution in [2.24, 2.45) is 7.05 Å². The van der Waals surface area contributed by atoms with Gasteiger partial charge in [0.05, 0.1) is 12.1 Å². The summed E-state index contributed by atoms with van der Waals surface area (Å²) < 4.78 is 7.64. The number of nitrogens with zero attached hydrogens (tertiary/aromatic N) is 2. The van der Waals surface area contributed by atoms with Crippen molar-refractivity contribution < 1.29 is 19.4 Å². The molecule has 1 N–H and O–H groups in total. The molecule has 0 saturated heterocycles. The molecule has 0 atom stereocenters. The van der Waals surface area contributed by atoms with Crippen molar-refractivity contribution >= 4 is 34.6 Å². The van der Waals surface area contributed by atoms with Gasteiger partial charge in [0.2, 0.25) is 0 Å². The van der Waals surface area contributed by atoms with Gasteiger partial charge in [-0.05, 0) is 65.6 Å². The Hall–Kier alpha value is -4.45. The molecule has 0 aliphatic rings. The molecule has 4 rings (SSSR count). The highest BCUT2D eigenvalue weighted by Gasteiger charge is 2.06. The highest BCUT2D eigenvalue weighted by molar-refractivity contribution is 6.11. The molecule has 2 heterocycles. The van der Waals surface area contributed by atoms with Crippen molar-refractivity contribution in [2.75, 3.05) is 0 Å². The maximum atomic E-state index is 12.2. The second-order valence-corrected chi connectivity index (χ2v) is 7.85. The first-order valence-corrected chi connectivity index (χ1v) is 10.8. The van der Waals surface area contributed by atoms with Crippen LogP contribution >= 0.6 is 0 Å². The number of hydrogen-bond donors (Lipinski definition) is 1. The fourth-order valence-corrected chi connectivity index (χ4v) is 3.44. The minimum atomic E-state index is -0.345. The third kappa shape index (κ3) is 5.86. The summed E-state index contributed by atoms with van der Waals surface area (Å²) in [6.45, 7) is 0.280. The topological polar surface area (TPSA) is 81.4 Å². The molecule has 0 bridgehead atoms. The van der Waals surface area contributed by atoms with Crippen molar-refractivity contribution in [1.29, 1.82) is 0 Å². The smallest absolute Gasteiger partial charge is 0.163 e. The third-order valence-corrected chi connectivity index (χ3v) is 5.29. The zero-order chi connectivity index (χ0) is 23.9. The molecule has 4 aromatic rings. The molecule has 0 unspecified atom stereocenters. The molecule has 0 aliphatic carbocycles. The van der Waals surface area contributed by atoms with Gasteiger partial charge in [-0.2, -0.15) is 0 Å². The van der Waals surface area contributed by atoms with E-state index in [1.165, 1.54) is 24.3 Å². The molecule has 170 valence electrons. The van der Waals surface area contributed by atoms with Crippen LogP contribution in [0.15, 0.2) is 85.2 Å². The number of benzene rings is 2. The number of phenols is 1. The summed E-state index contributed by atoms with van der Waals surface area (Å²) in [6, 6.07) is 18.3. The first-order valence-electron chi connectivity index (χ1n) is 10.8. The molecule has 6 nitrogen and oxygen atoms in total. The lowest BCUT2D eigenvalue weighted by molar-refractivity contribution is -0.121. The number of ketones is 2. The molecule has 6 heteroatoms. The summed E-state index contributed by atoms with van der Waals surface area (Å²) in [7, 11) is 1.96. The number of carbonyl (C=O) groups is 2. The highest BCUT2D eigenvalue weighted by atomic mass is 16.5. The van der Waals surface area contributed by atoms with E-state index in [9.17, 15) is 14.7 Å². The minimum Gasteiger partial charge on any atom is -0.507 e. The number of pyridine rings is 1. The zero-order valence-electron chi connectivity index (χ0n) is 18.7. The number of hydrogen-bond acceptors (Lipinski definition) is 5. The largest absolute Gasteiger partial charge is 0.507 e. The Kier molecular flexibility index (Phi) is 6.98. The summed E-state index contributed by atoms with van der Waals surface area (Å²) in [5, 5.41) is 11.4. The quantitative estimate of drug-likeness (QED) is 0.282. The molecule has 0 radical (unpaired) electrons. The summed E-state index contributed by atoms with van der Waals surface area (Å²) >= 11 is 0. The SMILES string of the molecule is Cn1ccc2ccc(/C=C/C(=O)CC(=O)/C=C/c3ccc(OCc4ccccn4)cc3O)cc21. The van der Waals surface area contributed by atoms with Crippen molar-refractivity contribution in [3.05, 3.63) is 102 Å². The Labute approximate surface area is 197 Å². The van der Waals surface area contributed by atoms with Gasteiger partial charge in [-0.15, -0.1) is 0 Å². The Morgan fingerprint density at radius 3 is 2.59 bits per heavy atom. The predicted octanol–water partition coefficient (Wildman–Crippen LogP) is 5.11. The van der Waals surface area contributed by atoms with Crippen molar-refractivity contribution in [3.8, 4) is 11.5 Å². The number of phenolic OH excluding ortho intramolecular Hbond substituents is 1. The van der Waals surface area contributed by atoms with Crippen LogP contribution in [0.2, 0.25) is 0 Å². The molecule has 0 aliphatic heterocycles. The fraction of sp³-hybridized carbons (Fsp3) is 0.107. The number of aromatic hydroxyl groups is 1. The highest BCUT2D eigenvalue weighted by Crippen LogP contribution is 2.25. The van der Waals surface area contributed by atoms with E-state index in [1.54, 1.807) is 24.4 Å². The Morgan fingerprint density at radius 2 is 1.82 bits per heavy atom. The number of fused-ring (bicyclic) bond motifs is 1. The van der Waals surface area contributed by atoms with E-state index >= 15 is 0 Å². The molecule has 0 fully saturated rings. The Balaban J connectivity index is 1.31. The van der Waals surface area contributed by atoms with Gasteiger partial charge in [-0.3, -0.25) is 14.6 Å². The zero-order valence-corrected chi connectivity index (χ0v) is 18.7. The van der Waals surface area contributed by atoms with Crippen LogP contribution in [-0.4, -0.2) is 26.2 Å². The van der Waals surface area contributed by atoms with Gasteiger partial charge >= 0.3 is 0 Å². The monoisotopic (exact) mass is 452 g/mol. The molecule has 2 aromatic carbocycles. The molecule has 34 heavy (non-hydrogen) atoms. The second-order valence-electron chi connectivity index (χ2n) is 7.85. The molecule has 0 saturated carbocycles. The van der Waals surface area contributed by atoms with E-state index < -0.39 is 0 Å². The lowest BCUT2D eigenvalue weighted by Gasteiger charge is -2.07. The van der Waals surface area contributed by atoms with Gasteiger partial charge in [0, 0.05) is 36.6 Å². The normalized spacial score (nSPS) is 11.4. The predicted molar refractivity (Wildman–Crippen MR) is 132 cm³/mol. The van der Waals surface area contributed by atoms with Crippen LogP contribution in [0.4, 0.5) is 0 Å². The number of aromatic nitrogens is 2. The minimum absolute atomic E-state index is 0.0233. The second kappa shape index (κ2) is 10.4. The Morgan fingerprint density at radius 1 is 1.00 bits per heavy atom. The summed E-state index contributed by atoms with van der Waals surface area (Å²) in [5.74, 6) is -0.170. The summed E-state index contributed by atoms with van der Waals surface area (Å²) in [4.78, 5) is 28.6. The number of allylic oxidation sites excluding steroid dienone is 2. The van der Waals surface area contributed by atoms with Gasteiger partial charge in [-0.25, -0.2) is 0 Å². The van der Waals surface area contributed by atoms with Crippen LogP contribution in [0.25, 0.3) is 23.1 Å². The standard InChI is InChI=1S/C28H24N2O4/c1-30-15-13-21-7-5-20(16-27(21)30)6-10-24(31)17-25(32)11-8-22-9-12-26(18-28(22)33)34-19-23-4-2-3-14-29-23/h2-16,18,33H,17,19H2,1H3/b10-6+,11-8+.